The smallest absolute Gasteiger partial charge is 0.0847 e. The first kappa shape index (κ1) is 11.0. The van der Waals surface area contributed by atoms with E-state index in [1.165, 1.54) is 16.7 Å². The molecule has 1 aliphatic heterocycles. The van der Waals surface area contributed by atoms with Crippen LogP contribution in [-0.2, 0) is 9.48 Å². The molecule has 2 rings (SSSR count). The van der Waals surface area contributed by atoms with Gasteiger partial charge in [0.1, 0.15) is 0 Å². The van der Waals surface area contributed by atoms with Crippen molar-refractivity contribution in [3.05, 3.63) is 34.9 Å². The Bertz CT molecular complexity index is 367. The van der Waals surface area contributed by atoms with Crippen LogP contribution in [0.2, 0.25) is 0 Å². The number of rotatable bonds is 2. The molecule has 0 spiro atoms. The summed E-state index contributed by atoms with van der Waals surface area (Å²) >= 11 is 4.72. The second kappa shape index (κ2) is 3.84. The highest BCUT2D eigenvalue weighted by molar-refractivity contribution is 7.81. The van der Waals surface area contributed by atoms with Crippen molar-refractivity contribution in [2.75, 3.05) is 13.2 Å². The zero-order valence-corrected chi connectivity index (χ0v) is 10.5. The highest BCUT2D eigenvalue weighted by atomic mass is 32.1. The highest BCUT2D eigenvalue weighted by Gasteiger charge is 2.37. The van der Waals surface area contributed by atoms with E-state index in [0.717, 1.165) is 13.2 Å². The van der Waals surface area contributed by atoms with Gasteiger partial charge in [-0.2, -0.15) is 12.6 Å². The van der Waals surface area contributed by atoms with Gasteiger partial charge in [0, 0.05) is 0 Å². The van der Waals surface area contributed by atoms with Gasteiger partial charge in [-0.15, -0.1) is 0 Å². The van der Waals surface area contributed by atoms with Crippen LogP contribution in [0.3, 0.4) is 0 Å². The van der Waals surface area contributed by atoms with Crippen LogP contribution >= 0.6 is 12.6 Å². The third-order valence-corrected chi connectivity index (χ3v) is 3.61. The summed E-state index contributed by atoms with van der Waals surface area (Å²) in [5.74, 6) is 0.572. The Balaban J connectivity index is 2.41. The maximum absolute atomic E-state index is 5.27. The van der Waals surface area contributed by atoms with Gasteiger partial charge in [-0.25, -0.2) is 0 Å². The summed E-state index contributed by atoms with van der Waals surface area (Å²) in [5, 5.41) is 0. The molecular weight excluding hydrogens is 204 g/mol. The van der Waals surface area contributed by atoms with Crippen LogP contribution in [0.4, 0.5) is 0 Å². The third-order valence-electron chi connectivity index (χ3n) is 3.11. The summed E-state index contributed by atoms with van der Waals surface area (Å²) in [7, 11) is 0. The standard InChI is InChI=1S/C13H18OS/c1-9(2)11-5-4-10(3)12(6-11)13(15)7-14-8-13/h4-6,9,15H,7-8H2,1-3H3. The quantitative estimate of drug-likeness (QED) is 0.756. The molecule has 1 saturated heterocycles. The minimum atomic E-state index is -0.0466. The number of hydrogen-bond donors (Lipinski definition) is 1. The summed E-state index contributed by atoms with van der Waals surface area (Å²) in [6.45, 7) is 8.06. The first-order chi connectivity index (χ1) is 7.03. The Morgan fingerprint density at radius 3 is 2.47 bits per heavy atom. The van der Waals surface area contributed by atoms with Gasteiger partial charge in [0.05, 0.1) is 18.0 Å². The van der Waals surface area contributed by atoms with E-state index in [9.17, 15) is 0 Å². The molecule has 1 aliphatic rings. The van der Waals surface area contributed by atoms with E-state index in [4.69, 9.17) is 17.4 Å². The molecule has 0 saturated carbocycles. The highest BCUT2D eigenvalue weighted by Crippen LogP contribution is 2.38. The lowest BCUT2D eigenvalue weighted by atomic mass is 9.88. The van der Waals surface area contributed by atoms with Gasteiger partial charge in [-0.3, -0.25) is 0 Å². The molecule has 1 heterocycles. The summed E-state index contributed by atoms with van der Waals surface area (Å²) in [5.41, 5.74) is 4.04. The fourth-order valence-electron chi connectivity index (χ4n) is 1.95. The molecule has 1 nitrogen and oxygen atoms in total. The molecule has 0 N–H and O–H groups in total. The molecule has 0 radical (unpaired) electrons. The lowest BCUT2D eigenvalue weighted by Gasteiger charge is -2.38. The average molecular weight is 222 g/mol. The second-order valence-electron chi connectivity index (χ2n) is 4.75. The number of thiol groups is 1. The van der Waals surface area contributed by atoms with E-state index in [0.29, 0.717) is 5.92 Å². The van der Waals surface area contributed by atoms with Gasteiger partial charge < -0.3 is 4.74 Å². The number of hydrogen-bond acceptors (Lipinski definition) is 2. The first-order valence-electron chi connectivity index (χ1n) is 5.44. The zero-order valence-electron chi connectivity index (χ0n) is 9.58. The third kappa shape index (κ3) is 1.93. The van der Waals surface area contributed by atoms with Gasteiger partial charge in [-0.05, 0) is 29.5 Å². The molecular formula is C13H18OS. The van der Waals surface area contributed by atoms with Crippen molar-refractivity contribution in [3.8, 4) is 0 Å². The normalized spacial score (nSPS) is 19.0. The molecule has 0 aliphatic carbocycles. The minimum Gasteiger partial charge on any atom is -0.378 e. The van der Waals surface area contributed by atoms with Crippen molar-refractivity contribution < 1.29 is 4.74 Å². The fraction of sp³-hybridized carbons (Fsp3) is 0.538. The van der Waals surface area contributed by atoms with Gasteiger partial charge in [0.25, 0.3) is 0 Å². The lowest BCUT2D eigenvalue weighted by Crippen LogP contribution is -2.42. The maximum atomic E-state index is 5.27. The van der Waals surface area contributed by atoms with E-state index < -0.39 is 0 Å². The minimum absolute atomic E-state index is 0.0466. The molecule has 0 aromatic heterocycles. The predicted molar refractivity (Wildman–Crippen MR) is 66.8 cm³/mol. The number of aryl methyl sites for hydroxylation is 1. The van der Waals surface area contributed by atoms with Crippen molar-refractivity contribution in [1.82, 2.24) is 0 Å². The molecule has 1 fully saturated rings. The second-order valence-corrected chi connectivity index (χ2v) is 5.61. The Morgan fingerprint density at radius 2 is 2.00 bits per heavy atom. The fourth-order valence-corrected chi connectivity index (χ4v) is 2.37. The summed E-state index contributed by atoms with van der Waals surface area (Å²) in [4.78, 5) is 0. The Labute approximate surface area is 97.2 Å². The molecule has 0 bridgehead atoms. The van der Waals surface area contributed by atoms with E-state index in [-0.39, 0.29) is 4.75 Å². The summed E-state index contributed by atoms with van der Waals surface area (Å²) < 4.78 is 5.22. The van der Waals surface area contributed by atoms with Crippen molar-refractivity contribution in [2.45, 2.75) is 31.4 Å². The predicted octanol–water partition coefficient (Wildman–Crippen LogP) is 3.27. The Morgan fingerprint density at radius 1 is 1.33 bits per heavy atom. The average Bonchev–Trinajstić information content (AvgIpc) is 2.14. The van der Waals surface area contributed by atoms with Gasteiger partial charge in [-0.1, -0.05) is 32.0 Å². The molecule has 0 amide bonds. The van der Waals surface area contributed by atoms with Gasteiger partial charge in [0.2, 0.25) is 0 Å². The van der Waals surface area contributed by atoms with E-state index in [1.807, 2.05) is 0 Å². The van der Waals surface area contributed by atoms with E-state index in [1.54, 1.807) is 0 Å². The molecule has 1 aromatic carbocycles. The van der Waals surface area contributed by atoms with Crippen LogP contribution in [-0.4, -0.2) is 13.2 Å². The van der Waals surface area contributed by atoms with Gasteiger partial charge >= 0.3 is 0 Å². The van der Waals surface area contributed by atoms with E-state index in [2.05, 4.69) is 39.0 Å². The summed E-state index contributed by atoms with van der Waals surface area (Å²) in [6, 6.07) is 6.69. The molecule has 2 heteroatoms. The lowest BCUT2D eigenvalue weighted by molar-refractivity contribution is -0.00999. The first-order valence-corrected chi connectivity index (χ1v) is 5.89. The SMILES string of the molecule is Cc1ccc(C(C)C)cc1C1(S)COC1. The maximum Gasteiger partial charge on any atom is 0.0847 e. The van der Waals surface area contributed by atoms with Crippen molar-refractivity contribution in [1.29, 1.82) is 0 Å². The van der Waals surface area contributed by atoms with Crippen LogP contribution in [0.1, 0.15) is 36.5 Å². The topological polar surface area (TPSA) is 9.23 Å². The van der Waals surface area contributed by atoms with E-state index >= 15 is 0 Å². The molecule has 15 heavy (non-hydrogen) atoms. The zero-order chi connectivity index (χ0) is 11.1. The number of ether oxygens (including phenoxy) is 1. The molecule has 0 unspecified atom stereocenters. The summed E-state index contributed by atoms with van der Waals surface area (Å²) in [6.07, 6.45) is 0. The number of benzene rings is 1. The molecule has 1 aromatic rings. The van der Waals surface area contributed by atoms with Crippen LogP contribution < -0.4 is 0 Å². The van der Waals surface area contributed by atoms with Crippen LogP contribution in [0, 0.1) is 6.92 Å². The van der Waals surface area contributed by atoms with Crippen molar-refractivity contribution >= 4 is 12.6 Å². The van der Waals surface area contributed by atoms with Crippen molar-refractivity contribution in [3.63, 3.8) is 0 Å². The monoisotopic (exact) mass is 222 g/mol. The molecule has 82 valence electrons. The van der Waals surface area contributed by atoms with Crippen LogP contribution in [0.15, 0.2) is 18.2 Å². The van der Waals surface area contributed by atoms with Crippen LogP contribution in [0.5, 0.6) is 0 Å². The van der Waals surface area contributed by atoms with Gasteiger partial charge in [0.15, 0.2) is 0 Å². The Kier molecular flexibility index (Phi) is 2.82. The molecule has 0 atom stereocenters. The largest absolute Gasteiger partial charge is 0.378 e. The van der Waals surface area contributed by atoms with Crippen LogP contribution in [0.25, 0.3) is 0 Å². The Hall–Kier alpha value is -0.470. The van der Waals surface area contributed by atoms with Crippen molar-refractivity contribution in [2.24, 2.45) is 0 Å².